The number of methoxy groups -OCH3 is 2. The smallest absolute Gasteiger partial charge is 0.197 e. The first-order valence-corrected chi connectivity index (χ1v) is 19.9. The highest BCUT2D eigenvalue weighted by molar-refractivity contribution is 5.07. The molecule has 16 nitrogen and oxygen atoms in total. The molecule has 0 aromatic carbocycles. The Morgan fingerprint density at radius 3 is 1.17 bits per heavy atom. The van der Waals surface area contributed by atoms with Crippen LogP contribution >= 0.6 is 0 Å². The van der Waals surface area contributed by atoms with Gasteiger partial charge in [-0.3, -0.25) is 0 Å². The summed E-state index contributed by atoms with van der Waals surface area (Å²) in [6.07, 6.45) is 3.01. The number of hydrogen-bond donors (Lipinski definition) is 5. The van der Waals surface area contributed by atoms with E-state index in [0.29, 0.717) is 72.1 Å². The molecule has 0 aromatic heterocycles. The molecule has 0 amide bonds. The molecule has 4 heterocycles. The van der Waals surface area contributed by atoms with Crippen molar-refractivity contribution in [1.29, 1.82) is 0 Å². The van der Waals surface area contributed by atoms with Crippen LogP contribution in [0.2, 0.25) is 0 Å². The Balaban J connectivity index is 0.993. The van der Waals surface area contributed by atoms with E-state index in [-0.39, 0.29) is 45.9 Å². The summed E-state index contributed by atoms with van der Waals surface area (Å²) in [5.41, 5.74) is 11.4. The van der Waals surface area contributed by atoms with Crippen molar-refractivity contribution in [2.75, 3.05) is 100 Å². The van der Waals surface area contributed by atoms with Crippen LogP contribution in [0.4, 0.5) is 0 Å². The zero-order valence-electron chi connectivity index (χ0n) is 33.1. The summed E-state index contributed by atoms with van der Waals surface area (Å²) in [5.74, 6) is -4.27. The molecule has 314 valence electrons. The monoisotopic (exact) mass is 776 g/mol. The fraction of sp³-hybridized carbons (Fsp3) is 1.00. The van der Waals surface area contributed by atoms with E-state index in [9.17, 15) is 15.3 Å². The van der Waals surface area contributed by atoms with Gasteiger partial charge in [-0.15, -0.1) is 0 Å². The third-order valence-corrected chi connectivity index (χ3v) is 14.1. The average molecular weight is 777 g/mol. The third kappa shape index (κ3) is 7.66. The van der Waals surface area contributed by atoms with Gasteiger partial charge in [0, 0.05) is 68.2 Å². The third-order valence-electron chi connectivity index (χ3n) is 14.1. The predicted octanol–water partition coefficient (Wildman–Crippen LogP) is 0.790. The van der Waals surface area contributed by atoms with E-state index in [2.05, 4.69) is 6.92 Å². The quantitative estimate of drug-likeness (QED) is 0.164. The summed E-state index contributed by atoms with van der Waals surface area (Å²) in [7, 11) is 3.27. The second kappa shape index (κ2) is 16.5. The minimum absolute atomic E-state index is 0.0181. The Kier molecular flexibility index (Phi) is 13.2. The zero-order valence-corrected chi connectivity index (χ0v) is 33.1. The molecule has 0 radical (unpaired) electrons. The van der Waals surface area contributed by atoms with Crippen LogP contribution in [0.25, 0.3) is 0 Å². The lowest BCUT2D eigenvalue weighted by atomic mass is 9.77. The standard InChI is InChI=1S/C38H68N2O14/c1-6-31(15-41)19-47-35(48-20-31)11-28(40)36(12-27(35)39)49-25-34(17-43,26-50-36)9-10-46-18-33(8-3)23-53-38(54-24-33)14-29(44-4)37(13-30(38)45-5)51-21-32(7-2,16-42)22-52-37/h27-30,41-43H,6-26,39-40H2,1-5H3. The lowest BCUT2D eigenvalue weighted by Crippen LogP contribution is -2.72. The molecule has 6 fully saturated rings. The summed E-state index contributed by atoms with van der Waals surface area (Å²) < 4.78 is 69.3. The minimum Gasteiger partial charge on any atom is -0.396 e. The molecule has 4 unspecified atom stereocenters. The van der Waals surface area contributed by atoms with E-state index in [4.69, 9.17) is 63.6 Å². The number of nitrogens with two attached hydrogens (primary N) is 2. The second-order valence-corrected chi connectivity index (χ2v) is 17.4. The van der Waals surface area contributed by atoms with Gasteiger partial charge in [-0.1, -0.05) is 20.8 Å². The second-order valence-electron chi connectivity index (χ2n) is 17.4. The summed E-state index contributed by atoms with van der Waals surface area (Å²) in [4.78, 5) is 0. The average Bonchev–Trinajstić information content (AvgIpc) is 3.22. The highest BCUT2D eigenvalue weighted by Gasteiger charge is 2.64. The SMILES string of the molecule is CCC1(CO)COC2(CC(N)C3(CC2N)OCC(CO)(CCOCC2(CC)COC4(CC(OC)C5(CC4OC)OCC(CC)(CO)CO5)OC2)CO3)OC1. The van der Waals surface area contributed by atoms with Crippen molar-refractivity contribution >= 4 is 0 Å². The number of ether oxygens (including phenoxy) is 11. The molecule has 6 aliphatic rings. The van der Waals surface area contributed by atoms with E-state index in [1.54, 1.807) is 14.2 Å². The van der Waals surface area contributed by atoms with Crippen molar-refractivity contribution in [3.05, 3.63) is 0 Å². The maximum absolute atomic E-state index is 10.5. The molecular formula is C38H68N2O14. The molecule has 16 heteroatoms. The highest BCUT2D eigenvalue weighted by atomic mass is 16.8. The van der Waals surface area contributed by atoms with Crippen LogP contribution in [0.15, 0.2) is 0 Å². The number of aliphatic hydroxyl groups excluding tert-OH is 3. The van der Waals surface area contributed by atoms with Gasteiger partial charge in [0.1, 0.15) is 12.2 Å². The van der Waals surface area contributed by atoms with Gasteiger partial charge < -0.3 is 78.9 Å². The van der Waals surface area contributed by atoms with Crippen LogP contribution in [0.5, 0.6) is 0 Å². The summed E-state index contributed by atoms with van der Waals surface area (Å²) >= 11 is 0. The normalized spacial score (nSPS) is 48.6. The first kappa shape index (κ1) is 43.0. The zero-order chi connectivity index (χ0) is 38.9. The van der Waals surface area contributed by atoms with E-state index in [0.717, 1.165) is 19.3 Å². The van der Waals surface area contributed by atoms with Crippen LogP contribution in [-0.4, -0.2) is 163 Å². The van der Waals surface area contributed by atoms with Crippen LogP contribution in [-0.2, 0) is 52.1 Å². The van der Waals surface area contributed by atoms with Gasteiger partial charge >= 0.3 is 0 Å². The first-order valence-electron chi connectivity index (χ1n) is 19.9. The number of rotatable bonds is 13. The fourth-order valence-electron chi connectivity index (χ4n) is 8.75. The highest BCUT2D eigenvalue weighted by Crippen LogP contribution is 2.51. The molecule has 0 bridgehead atoms. The van der Waals surface area contributed by atoms with Gasteiger partial charge in [-0.2, -0.15) is 0 Å². The van der Waals surface area contributed by atoms with Gasteiger partial charge in [0.25, 0.3) is 0 Å². The molecule has 7 N–H and O–H groups in total. The summed E-state index contributed by atoms with van der Waals surface area (Å²) in [6.45, 7) is 9.31. The molecule has 6 rings (SSSR count). The van der Waals surface area contributed by atoms with Crippen LogP contribution in [0, 0.1) is 21.7 Å². The fourth-order valence-corrected chi connectivity index (χ4v) is 8.75. The maximum atomic E-state index is 10.5. The first-order chi connectivity index (χ1) is 25.8. The Labute approximate surface area is 320 Å². The molecule has 4 saturated heterocycles. The van der Waals surface area contributed by atoms with Gasteiger partial charge in [0.05, 0.1) is 91.4 Å². The van der Waals surface area contributed by atoms with Crippen molar-refractivity contribution in [1.82, 2.24) is 0 Å². The van der Waals surface area contributed by atoms with E-state index >= 15 is 0 Å². The molecule has 4 spiro atoms. The van der Waals surface area contributed by atoms with Gasteiger partial charge in [-0.25, -0.2) is 0 Å². The van der Waals surface area contributed by atoms with Crippen molar-refractivity contribution in [3.63, 3.8) is 0 Å². The Hall–Kier alpha value is -0.640. The molecule has 4 atom stereocenters. The van der Waals surface area contributed by atoms with Crippen LogP contribution < -0.4 is 11.5 Å². The van der Waals surface area contributed by atoms with Crippen LogP contribution in [0.3, 0.4) is 0 Å². The van der Waals surface area contributed by atoms with Crippen molar-refractivity contribution in [2.24, 2.45) is 33.1 Å². The van der Waals surface area contributed by atoms with E-state index < -0.39 is 69.1 Å². The molecule has 0 aromatic rings. The van der Waals surface area contributed by atoms with E-state index in [1.165, 1.54) is 0 Å². The maximum Gasteiger partial charge on any atom is 0.197 e. The van der Waals surface area contributed by atoms with Crippen molar-refractivity contribution in [2.45, 2.75) is 120 Å². The molecule has 54 heavy (non-hydrogen) atoms. The van der Waals surface area contributed by atoms with Gasteiger partial charge in [0.2, 0.25) is 0 Å². The van der Waals surface area contributed by atoms with Gasteiger partial charge in [0.15, 0.2) is 23.1 Å². The molecule has 4 aliphatic heterocycles. The predicted molar refractivity (Wildman–Crippen MR) is 192 cm³/mol. The summed E-state index contributed by atoms with van der Waals surface area (Å²) in [5, 5.41) is 30.5. The van der Waals surface area contributed by atoms with Crippen LogP contribution in [0.1, 0.15) is 72.1 Å². The lowest BCUT2D eigenvalue weighted by Gasteiger charge is -2.58. The molecule has 2 aliphatic carbocycles. The largest absolute Gasteiger partial charge is 0.396 e. The Morgan fingerprint density at radius 1 is 0.500 bits per heavy atom. The summed E-state index contributed by atoms with van der Waals surface area (Å²) in [6, 6.07) is -1.13. The Morgan fingerprint density at radius 2 is 0.833 bits per heavy atom. The Bertz CT molecular complexity index is 1200. The lowest BCUT2D eigenvalue weighted by molar-refractivity contribution is -0.422. The number of aliphatic hydroxyl groups is 3. The number of hydrogen-bond acceptors (Lipinski definition) is 16. The topological polar surface area (TPSA) is 214 Å². The van der Waals surface area contributed by atoms with E-state index in [1.807, 2.05) is 13.8 Å². The minimum atomic E-state index is -1.12. The molecule has 2 saturated carbocycles. The van der Waals surface area contributed by atoms with Crippen molar-refractivity contribution < 1.29 is 67.4 Å². The van der Waals surface area contributed by atoms with Gasteiger partial charge in [-0.05, 0) is 25.7 Å². The van der Waals surface area contributed by atoms with Crippen molar-refractivity contribution in [3.8, 4) is 0 Å². The molecular weight excluding hydrogens is 708 g/mol.